The predicted molar refractivity (Wildman–Crippen MR) is 144 cm³/mol. The van der Waals surface area contributed by atoms with E-state index in [1.165, 1.54) is 23.8 Å². The molecule has 0 N–H and O–H groups in total. The predicted octanol–water partition coefficient (Wildman–Crippen LogP) is 4.56. The molecule has 2 heterocycles. The largest absolute Gasteiger partial charge is 0.496 e. The van der Waals surface area contributed by atoms with Gasteiger partial charge in [-0.1, -0.05) is 59.9 Å². The lowest BCUT2D eigenvalue weighted by atomic mass is 9.90. The molecule has 1 atom stereocenters. The topological polar surface area (TPSA) is 79.1 Å². The van der Waals surface area contributed by atoms with Crippen molar-refractivity contribution in [2.75, 3.05) is 13.7 Å². The van der Waals surface area contributed by atoms with E-state index in [2.05, 4.69) is 9.73 Å². The van der Waals surface area contributed by atoms with Gasteiger partial charge in [-0.25, -0.2) is 9.79 Å². The molecule has 0 aliphatic carbocycles. The zero-order chi connectivity index (χ0) is 27.7. The van der Waals surface area contributed by atoms with Crippen LogP contribution in [0.2, 0.25) is 0 Å². The molecular weight excluding hydrogens is 526 g/mol. The van der Waals surface area contributed by atoms with Gasteiger partial charge >= 0.3 is 12.6 Å². The number of para-hydroxylation sites is 1. The molecule has 39 heavy (non-hydrogen) atoms. The van der Waals surface area contributed by atoms with Crippen LogP contribution in [0.25, 0.3) is 16.8 Å². The zero-order valence-electron chi connectivity index (χ0n) is 21.3. The number of ether oxygens (including phenoxy) is 3. The first-order valence-corrected chi connectivity index (χ1v) is 12.9. The Balaban J connectivity index is 1.82. The Labute approximate surface area is 225 Å². The molecule has 0 spiro atoms. The van der Waals surface area contributed by atoms with Crippen LogP contribution in [0.5, 0.6) is 11.5 Å². The van der Waals surface area contributed by atoms with Crippen LogP contribution in [0.3, 0.4) is 0 Å². The first kappa shape index (κ1) is 26.3. The number of alkyl halides is 2. The third-order valence-corrected chi connectivity index (χ3v) is 7.35. The molecule has 0 unspecified atom stereocenters. The summed E-state index contributed by atoms with van der Waals surface area (Å²) in [6.45, 7) is 0.518. The number of esters is 1. The fourth-order valence-corrected chi connectivity index (χ4v) is 5.78. The van der Waals surface area contributed by atoms with E-state index < -0.39 is 24.2 Å². The minimum atomic E-state index is -3.02. The fourth-order valence-electron chi connectivity index (χ4n) is 4.74. The lowest BCUT2D eigenvalue weighted by molar-refractivity contribution is -0.139. The molecule has 1 aliphatic heterocycles. The summed E-state index contributed by atoms with van der Waals surface area (Å²) >= 11 is 1.09. The Morgan fingerprint density at radius 3 is 2.59 bits per heavy atom. The van der Waals surface area contributed by atoms with Crippen LogP contribution in [-0.2, 0) is 9.53 Å². The monoisotopic (exact) mass is 550 g/mol. The van der Waals surface area contributed by atoms with E-state index >= 15 is 0 Å². The number of allylic oxidation sites excluding steroid dienone is 1. The molecule has 3 aromatic carbocycles. The summed E-state index contributed by atoms with van der Waals surface area (Å²) < 4.78 is 43.4. The summed E-state index contributed by atoms with van der Waals surface area (Å²) in [7, 11) is 1.53. The van der Waals surface area contributed by atoms with Crippen molar-refractivity contribution in [2.24, 2.45) is 4.99 Å². The van der Waals surface area contributed by atoms with Gasteiger partial charge in [0, 0.05) is 11.1 Å². The van der Waals surface area contributed by atoms with E-state index in [1.54, 1.807) is 38.1 Å². The maximum atomic E-state index is 14.0. The second-order valence-electron chi connectivity index (χ2n) is 8.62. The summed E-state index contributed by atoms with van der Waals surface area (Å²) in [6, 6.07) is 16.6. The number of rotatable bonds is 7. The number of carbonyl (C=O) groups is 1. The molecule has 0 bridgehead atoms. The van der Waals surface area contributed by atoms with E-state index in [9.17, 15) is 18.4 Å². The molecule has 0 amide bonds. The zero-order valence-corrected chi connectivity index (χ0v) is 22.1. The highest BCUT2D eigenvalue weighted by Crippen LogP contribution is 2.40. The second-order valence-corrected chi connectivity index (χ2v) is 9.63. The molecule has 5 rings (SSSR count). The van der Waals surface area contributed by atoms with Gasteiger partial charge in [0.25, 0.3) is 5.56 Å². The van der Waals surface area contributed by atoms with Gasteiger partial charge in [-0.05, 0) is 42.8 Å². The van der Waals surface area contributed by atoms with Crippen molar-refractivity contribution in [1.82, 2.24) is 4.57 Å². The third-order valence-electron chi connectivity index (χ3n) is 6.36. The van der Waals surface area contributed by atoms with E-state index in [0.717, 1.165) is 22.1 Å². The van der Waals surface area contributed by atoms with Crippen LogP contribution in [0.4, 0.5) is 8.78 Å². The van der Waals surface area contributed by atoms with Crippen molar-refractivity contribution < 1.29 is 27.8 Å². The Morgan fingerprint density at radius 2 is 1.85 bits per heavy atom. The molecule has 200 valence electrons. The van der Waals surface area contributed by atoms with E-state index in [4.69, 9.17) is 9.47 Å². The number of carbonyl (C=O) groups excluding carboxylic acids is 1. The lowest BCUT2D eigenvalue weighted by Gasteiger charge is -2.27. The number of fused-ring (bicyclic) bond motifs is 2. The van der Waals surface area contributed by atoms with Crippen molar-refractivity contribution in [1.29, 1.82) is 0 Å². The summed E-state index contributed by atoms with van der Waals surface area (Å²) in [5, 5.41) is 1.69. The van der Waals surface area contributed by atoms with Gasteiger partial charge < -0.3 is 14.2 Å². The number of aromatic nitrogens is 1. The molecule has 1 aromatic heterocycles. The van der Waals surface area contributed by atoms with Crippen LogP contribution in [-0.4, -0.2) is 30.9 Å². The molecule has 10 heteroatoms. The van der Waals surface area contributed by atoms with Crippen molar-refractivity contribution >= 4 is 34.2 Å². The SMILES string of the molecule is CCOC(=O)C1=C(C)N=c2s/c(=C/c3ccccc3OC(F)F)c(=O)n2[C@@H]1c1c(OC)ccc2ccccc12. The van der Waals surface area contributed by atoms with Crippen LogP contribution in [0.15, 0.2) is 81.7 Å². The van der Waals surface area contributed by atoms with Gasteiger partial charge in [-0.2, -0.15) is 8.78 Å². The highest BCUT2D eigenvalue weighted by atomic mass is 32.1. The first-order chi connectivity index (χ1) is 18.8. The van der Waals surface area contributed by atoms with Gasteiger partial charge in [0.15, 0.2) is 4.80 Å². The molecule has 0 fully saturated rings. The molecule has 4 aromatic rings. The Kier molecular flexibility index (Phi) is 7.30. The number of methoxy groups -OCH3 is 1. The average Bonchev–Trinajstić information content (AvgIpc) is 3.22. The number of benzene rings is 3. The number of halogens is 2. The van der Waals surface area contributed by atoms with Gasteiger partial charge in [-0.15, -0.1) is 0 Å². The maximum absolute atomic E-state index is 14.0. The molecule has 7 nitrogen and oxygen atoms in total. The molecule has 0 saturated carbocycles. The van der Waals surface area contributed by atoms with Crippen LogP contribution >= 0.6 is 11.3 Å². The average molecular weight is 551 g/mol. The molecule has 0 radical (unpaired) electrons. The standard InChI is InChI=1S/C29H24F2N2O5S/c1-4-37-27(35)23-16(2)32-29-33(25(23)24-19-11-7-5-9-17(19)13-14-21(24)36-3)26(34)22(39-29)15-18-10-6-8-12-20(18)38-28(30)31/h5-15,25,28H,4H2,1-3H3/b22-15+/t25-/m0/s1. The van der Waals surface area contributed by atoms with Gasteiger partial charge in [-0.3, -0.25) is 9.36 Å². The van der Waals surface area contributed by atoms with Crippen molar-refractivity contribution in [3.05, 3.63) is 103 Å². The minimum absolute atomic E-state index is 0.0611. The second kappa shape index (κ2) is 10.8. The van der Waals surface area contributed by atoms with Crippen LogP contribution < -0.4 is 24.4 Å². The number of nitrogens with zero attached hydrogens (tertiary/aromatic N) is 2. The van der Waals surface area contributed by atoms with Crippen LogP contribution in [0, 0.1) is 0 Å². The molecule has 0 saturated heterocycles. The van der Waals surface area contributed by atoms with Gasteiger partial charge in [0.1, 0.15) is 17.5 Å². The Bertz CT molecular complexity index is 1790. The van der Waals surface area contributed by atoms with Crippen molar-refractivity contribution in [3.8, 4) is 11.5 Å². The molecular formula is C29H24F2N2O5S. The number of thiazole rings is 1. The quantitative estimate of drug-likeness (QED) is 0.315. The van der Waals surface area contributed by atoms with E-state index in [1.807, 2.05) is 30.3 Å². The Hall–Kier alpha value is -4.31. The smallest absolute Gasteiger partial charge is 0.387 e. The summed E-state index contributed by atoms with van der Waals surface area (Å²) in [5.74, 6) is -0.168. The molecule has 1 aliphatic rings. The van der Waals surface area contributed by atoms with Gasteiger partial charge in [0.05, 0.1) is 29.5 Å². The summed E-state index contributed by atoms with van der Waals surface area (Å²) in [4.78, 5) is 32.2. The fraction of sp³-hybridized carbons (Fsp3) is 0.207. The minimum Gasteiger partial charge on any atom is -0.496 e. The first-order valence-electron chi connectivity index (χ1n) is 12.1. The number of hydrogen-bond acceptors (Lipinski definition) is 7. The van der Waals surface area contributed by atoms with Gasteiger partial charge in [0.2, 0.25) is 0 Å². The van der Waals surface area contributed by atoms with Crippen molar-refractivity contribution in [3.63, 3.8) is 0 Å². The highest BCUT2D eigenvalue weighted by molar-refractivity contribution is 7.07. The van der Waals surface area contributed by atoms with E-state index in [0.29, 0.717) is 27.4 Å². The van der Waals surface area contributed by atoms with E-state index in [-0.39, 0.29) is 22.5 Å². The Morgan fingerprint density at radius 1 is 1.10 bits per heavy atom. The lowest BCUT2D eigenvalue weighted by Crippen LogP contribution is -2.40. The maximum Gasteiger partial charge on any atom is 0.387 e. The summed E-state index contributed by atoms with van der Waals surface area (Å²) in [6.07, 6.45) is 1.49. The number of hydrogen-bond donors (Lipinski definition) is 0. The summed E-state index contributed by atoms with van der Waals surface area (Å²) in [5.41, 5.74) is 1.10. The van der Waals surface area contributed by atoms with Crippen molar-refractivity contribution in [2.45, 2.75) is 26.5 Å². The normalized spacial score (nSPS) is 15.3. The third kappa shape index (κ3) is 4.83. The highest BCUT2D eigenvalue weighted by Gasteiger charge is 2.36. The van der Waals surface area contributed by atoms with Crippen LogP contribution in [0.1, 0.15) is 31.0 Å².